The molecule has 0 unspecified atom stereocenters. The van der Waals surface area contributed by atoms with Crippen molar-refractivity contribution in [2.24, 2.45) is 0 Å². The lowest BCUT2D eigenvalue weighted by Gasteiger charge is -2.29. The van der Waals surface area contributed by atoms with Gasteiger partial charge in [-0.15, -0.1) is 12.4 Å². The van der Waals surface area contributed by atoms with Crippen LogP contribution in [0.1, 0.15) is 18.4 Å². The van der Waals surface area contributed by atoms with Gasteiger partial charge in [0.15, 0.2) is 0 Å². The molecule has 0 aliphatic carbocycles. The summed E-state index contributed by atoms with van der Waals surface area (Å²) in [6.07, 6.45) is 1.45. The zero-order valence-corrected chi connectivity index (χ0v) is 12.3. The lowest BCUT2D eigenvalue weighted by Crippen LogP contribution is -2.38. The Morgan fingerprint density at radius 1 is 1.47 bits per heavy atom. The maximum atomic E-state index is 12.2. The zero-order chi connectivity index (χ0) is 13.0. The molecule has 1 heterocycles. The third-order valence-corrected chi connectivity index (χ3v) is 3.10. The van der Waals surface area contributed by atoms with Gasteiger partial charge < -0.3 is 15.0 Å². The van der Waals surface area contributed by atoms with Crippen molar-refractivity contribution < 1.29 is 9.53 Å². The Morgan fingerprint density at radius 3 is 3.00 bits per heavy atom. The van der Waals surface area contributed by atoms with Crippen LogP contribution >= 0.6 is 12.4 Å². The van der Waals surface area contributed by atoms with Gasteiger partial charge in [0.25, 0.3) is 0 Å². The SMILES string of the molecule is CNCCCC(=O)N1CCOc2cc(C)ccc21.Cl. The van der Waals surface area contributed by atoms with Crippen LogP contribution < -0.4 is 15.0 Å². The van der Waals surface area contributed by atoms with Crippen LogP contribution in [0.5, 0.6) is 5.75 Å². The van der Waals surface area contributed by atoms with Crippen LogP contribution in [0, 0.1) is 6.92 Å². The molecule has 1 aliphatic heterocycles. The van der Waals surface area contributed by atoms with Gasteiger partial charge in [0.1, 0.15) is 12.4 Å². The van der Waals surface area contributed by atoms with Gasteiger partial charge in [-0.2, -0.15) is 0 Å². The fourth-order valence-electron chi connectivity index (χ4n) is 2.14. The molecular formula is C14H21ClN2O2. The maximum Gasteiger partial charge on any atom is 0.227 e. The summed E-state index contributed by atoms with van der Waals surface area (Å²) in [5, 5.41) is 3.06. The zero-order valence-electron chi connectivity index (χ0n) is 11.4. The summed E-state index contributed by atoms with van der Waals surface area (Å²) in [4.78, 5) is 14.0. The number of ether oxygens (including phenoxy) is 1. The highest BCUT2D eigenvalue weighted by Gasteiger charge is 2.22. The van der Waals surface area contributed by atoms with Gasteiger partial charge in [-0.25, -0.2) is 0 Å². The molecule has 106 valence electrons. The van der Waals surface area contributed by atoms with E-state index in [1.807, 2.05) is 37.1 Å². The van der Waals surface area contributed by atoms with E-state index in [4.69, 9.17) is 4.74 Å². The van der Waals surface area contributed by atoms with Crippen molar-refractivity contribution in [1.82, 2.24) is 5.32 Å². The summed E-state index contributed by atoms with van der Waals surface area (Å²) >= 11 is 0. The van der Waals surface area contributed by atoms with Crippen LogP contribution in [0.25, 0.3) is 0 Å². The molecule has 0 bridgehead atoms. The molecular weight excluding hydrogens is 264 g/mol. The number of hydrogen-bond donors (Lipinski definition) is 1. The van der Waals surface area contributed by atoms with Crippen molar-refractivity contribution in [3.05, 3.63) is 23.8 Å². The second kappa shape index (κ2) is 7.36. The number of carbonyl (C=O) groups is 1. The first-order chi connectivity index (χ1) is 8.72. The van der Waals surface area contributed by atoms with E-state index in [9.17, 15) is 4.79 Å². The molecule has 1 aromatic carbocycles. The van der Waals surface area contributed by atoms with E-state index in [1.54, 1.807) is 0 Å². The number of rotatable bonds is 4. The number of hydrogen-bond acceptors (Lipinski definition) is 3. The normalized spacial score (nSPS) is 13.3. The second-order valence-electron chi connectivity index (χ2n) is 4.57. The van der Waals surface area contributed by atoms with Gasteiger partial charge >= 0.3 is 0 Å². The Balaban J connectivity index is 0.00000180. The van der Waals surface area contributed by atoms with Crippen LogP contribution in [0.15, 0.2) is 18.2 Å². The van der Waals surface area contributed by atoms with Gasteiger partial charge in [0.05, 0.1) is 12.2 Å². The summed E-state index contributed by atoms with van der Waals surface area (Å²) in [6, 6.07) is 5.98. The van der Waals surface area contributed by atoms with Crippen molar-refractivity contribution in [3.63, 3.8) is 0 Å². The van der Waals surface area contributed by atoms with Gasteiger partial charge in [-0.05, 0) is 44.6 Å². The van der Waals surface area contributed by atoms with Crippen molar-refractivity contribution >= 4 is 24.0 Å². The minimum atomic E-state index is 0. The number of anilines is 1. The van der Waals surface area contributed by atoms with Crippen molar-refractivity contribution in [1.29, 1.82) is 0 Å². The van der Waals surface area contributed by atoms with E-state index in [-0.39, 0.29) is 18.3 Å². The van der Waals surface area contributed by atoms with E-state index in [0.717, 1.165) is 30.0 Å². The number of nitrogens with zero attached hydrogens (tertiary/aromatic N) is 1. The van der Waals surface area contributed by atoms with Crippen LogP contribution in [-0.2, 0) is 4.79 Å². The fraction of sp³-hybridized carbons (Fsp3) is 0.500. The van der Waals surface area contributed by atoms with Crippen LogP contribution in [0.4, 0.5) is 5.69 Å². The number of fused-ring (bicyclic) bond motifs is 1. The average molecular weight is 285 g/mol. The highest BCUT2D eigenvalue weighted by Crippen LogP contribution is 2.32. The largest absolute Gasteiger partial charge is 0.490 e. The summed E-state index contributed by atoms with van der Waals surface area (Å²) in [7, 11) is 1.90. The van der Waals surface area contributed by atoms with E-state index in [0.29, 0.717) is 19.6 Å². The molecule has 0 saturated heterocycles. The Morgan fingerprint density at radius 2 is 2.26 bits per heavy atom. The third-order valence-electron chi connectivity index (χ3n) is 3.10. The molecule has 1 aliphatic rings. The lowest BCUT2D eigenvalue weighted by atomic mass is 10.1. The topological polar surface area (TPSA) is 41.6 Å². The molecule has 0 spiro atoms. The van der Waals surface area contributed by atoms with Gasteiger partial charge in [0, 0.05) is 6.42 Å². The lowest BCUT2D eigenvalue weighted by molar-refractivity contribution is -0.118. The number of halogens is 1. The molecule has 19 heavy (non-hydrogen) atoms. The van der Waals surface area contributed by atoms with Gasteiger partial charge in [-0.3, -0.25) is 4.79 Å². The van der Waals surface area contributed by atoms with E-state index in [1.165, 1.54) is 0 Å². The molecule has 1 amide bonds. The summed E-state index contributed by atoms with van der Waals surface area (Å²) in [5.41, 5.74) is 2.06. The minimum absolute atomic E-state index is 0. The number of nitrogens with one attached hydrogen (secondary N) is 1. The smallest absolute Gasteiger partial charge is 0.227 e. The minimum Gasteiger partial charge on any atom is -0.490 e. The first-order valence-corrected chi connectivity index (χ1v) is 6.41. The summed E-state index contributed by atoms with van der Waals surface area (Å²) in [5.74, 6) is 1.00. The molecule has 4 nitrogen and oxygen atoms in total. The Bertz CT molecular complexity index is 437. The fourth-order valence-corrected chi connectivity index (χ4v) is 2.14. The Hall–Kier alpha value is -1.26. The molecule has 0 fully saturated rings. The number of aryl methyl sites for hydroxylation is 1. The third kappa shape index (κ3) is 3.85. The van der Waals surface area contributed by atoms with Crippen LogP contribution in [-0.4, -0.2) is 32.7 Å². The molecule has 0 radical (unpaired) electrons. The molecule has 0 atom stereocenters. The first-order valence-electron chi connectivity index (χ1n) is 6.41. The van der Waals surface area contributed by atoms with Crippen molar-refractivity contribution in [2.75, 3.05) is 31.6 Å². The molecule has 0 aromatic heterocycles. The molecule has 0 saturated carbocycles. The molecule has 1 aromatic rings. The van der Waals surface area contributed by atoms with Gasteiger partial charge in [0.2, 0.25) is 5.91 Å². The summed E-state index contributed by atoms with van der Waals surface area (Å²) in [6.45, 7) is 4.12. The van der Waals surface area contributed by atoms with E-state index in [2.05, 4.69) is 5.32 Å². The molecule has 1 N–H and O–H groups in total. The molecule has 2 rings (SSSR count). The van der Waals surface area contributed by atoms with Crippen molar-refractivity contribution in [3.8, 4) is 5.75 Å². The van der Waals surface area contributed by atoms with Gasteiger partial charge in [-0.1, -0.05) is 6.07 Å². The summed E-state index contributed by atoms with van der Waals surface area (Å²) < 4.78 is 5.60. The Labute approximate surface area is 120 Å². The number of benzene rings is 1. The van der Waals surface area contributed by atoms with E-state index >= 15 is 0 Å². The highest BCUT2D eigenvalue weighted by molar-refractivity contribution is 5.95. The monoisotopic (exact) mass is 284 g/mol. The molecule has 5 heteroatoms. The number of carbonyl (C=O) groups excluding carboxylic acids is 1. The van der Waals surface area contributed by atoms with E-state index < -0.39 is 0 Å². The standard InChI is InChI=1S/C14H20N2O2.ClH/c1-11-5-6-12-13(10-11)18-9-8-16(12)14(17)4-3-7-15-2;/h5-6,10,15H,3-4,7-9H2,1-2H3;1H. The predicted molar refractivity (Wildman–Crippen MR) is 79.4 cm³/mol. The second-order valence-corrected chi connectivity index (χ2v) is 4.57. The van der Waals surface area contributed by atoms with Crippen LogP contribution in [0.3, 0.4) is 0 Å². The average Bonchev–Trinajstić information content (AvgIpc) is 2.37. The predicted octanol–water partition coefficient (Wildman–Crippen LogP) is 2.14. The Kier molecular flexibility index (Phi) is 6.12. The first kappa shape index (κ1) is 15.8. The number of amides is 1. The highest BCUT2D eigenvalue weighted by atomic mass is 35.5. The van der Waals surface area contributed by atoms with Crippen LogP contribution in [0.2, 0.25) is 0 Å². The van der Waals surface area contributed by atoms with Crippen molar-refractivity contribution in [2.45, 2.75) is 19.8 Å². The maximum absolute atomic E-state index is 12.2. The quantitative estimate of drug-likeness (QED) is 0.862.